The summed E-state index contributed by atoms with van der Waals surface area (Å²) in [6.45, 7) is 0.676. The van der Waals surface area contributed by atoms with Gasteiger partial charge in [-0.05, 0) is 42.7 Å². The molecule has 4 heteroatoms. The van der Waals surface area contributed by atoms with E-state index >= 15 is 0 Å². The van der Waals surface area contributed by atoms with Gasteiger partial charge in [-0.3, -0.25) is 0 Å². The highest BCUT2D eigenvalue weighted by Gasteiger charge is 2.20. The molecule has 0 amide bonds. The van der Waals surface area contributed by atoms with Crippen molar-refractivity contribution in [1.82, 2.24) is 5.32 Å². The van der Waals surface area contributed by atoms with Crippen LogP contribution in [0.4, 0.5) is 8.78 Å². The molecule has 21 heavy (non-hydrogen) atoms. The van der Waals surface area contributed by atoms with Crippen molar-refractivity contribution in [3.05, 3.63) is 53.6 Å². The lowest BCUT2D eigenvalue weighted by Gasteiger charge is -2.10. The first-order valence-corrected chi connectivity index (χ1v) is 7.03. The van der Waals surface area contributed by atoms with Crippen molar-refractivity contribution >= 4 is 0 Å². The summed E-state index contributed by atoms with van der Waals surface area (Å²) in [5.74, 6) is -0.488. The zero-order valence-electron chi connectivity index (χ0n) is 11.8. The molecule has 0 atom stereocenters. The minimum absolute atomic E-state index is 0.251. The Bertz CT molecular complexity index is 653. The van der Waals surface area contributed by atoms with E-state index in [4.69, 9.17) is 4.74 Å². The Morgan fingerprint density at radius 2 is 1.86 bits per heavy atom. The van der Waals surface area contributed by atoms with Gasteiger partial charge in [0.1, 0.15) is 17.4 Å². The molecular weight excluding hydrogens is 272 g/mol. The number of rotatable bonds is 5. The molecular formula is C17H17F2NO. The van der Waals surface area contributed by atoms with E-state index in [1.807, 2.05) is 0 Å². The Labute approximate surface area is 122 Å². The van der Waals surface area contributed by atoms with Crippen LogP contribution in [0.2, 0.25) is 0 Å². The molecule has 0 aliphatic heterocycles. The number of hydrogen-bond donors (Lipinski definition) is 1. The highest BCUT2D eigenvalue weighted by molar-refractivity contribution is 5.66. The molecule has 110 valence electrons. The zero-order valence-corrected chi connectivity index (χ0v) is 11.8. The van der Waals surface area contributed by atoms with Crippen LogP contribution in [0, 0.1) is 11.6 Å². The molecule has 1 aliphatic rings. The van der Waals surface area contributed by atoms with Crippen molar-refractivity contribution in [1.29, 1.82) is 0 Å². The topological polar surface area (TPSA) is 21.3 Å². The van der Waals surface area contributed by atoms with Gasteiger partial charge < -0.3 is 10.1 Å². The van der Waals surface area contributed by atoms with Crippen molar-refractivity contribution in [3.8, 4) is 16.9 Å². The maximum atomic E-state index is 14.1. The third-order valence-electron chi connectivity index (χ3n) is 3.67. The maximum Gasteiger partial charge on any atom is 0.134 e. The van der Waals surface area contributed by atoms with Crippen LogP contribution in [0.1, 0.15) is 18.4 Å². The van der Waals surface area contributed by atoms with Crippen LogP contribution in [0.5, 0.6) is 5.75 Å². The van der Waals surface area contributed by atoms with Gasteiger partial charge in [-0.1, -0.05) is 6.07 Å². The predicted octanol–water partition coefficient (Wildman–Crippen LogP) is 3.89. The fourth-order valence-corrected chi connectivity index (χ4v) is 2.28. The lowest BCUT2D eigenvalue weighted by atomic mass is 10.0. The second kappa shape index (κ2) is 5.82. The SMILES string of the molecule is COc1ccc(-c2cc(CNC3CC3)ccc2F)c(F)c1. The number of methoxy groups -OCH3 is 1. The van der Waals surface area contributed by atoms with Gasteiger partial charge in [-0.25, -0.2) is 8.78 Å². The van der Waals surface area contributed by atoms with Gasteiger partial charge in [0.2, 0.25) is 0 Å². The van der Waals surface area contributed by atoms with Gasteiger partial charge >= 0.3 is 0 Å². The first kappa shape index (κ1) is 14.0. The molecule has 0 unspecified atom stereocenters. The highest BCUT2D eigenvalue weighted by Crippen LogP contribution is 2.29. The van der Waals surface area contributed by atoms with Crippen LogP contribution in [0.25, 0.3) is 11.1 Å². The van der Waals surface area contributed by atoms with Crippen LogP contribution < -0.4 is 10.1 Å². The molecule has 0 saturated heterocycles. The van der Waals surface area contributed by atoms with Crippen LogP contribution >= 0.6 is 0 Å². The molecule has 3 rings (SSSR count). The van der Waals surface area contributed by atoms with Crippen molar-refractivity contribution in [2.24, 2.45) is 0 Å². The molecule has 0 spiro atoms. The van der Waals surface area contributed by atoms with Crippen molar-refractivity contribution in [3.63, 3.8) is 0 Å². The van der Waals surface area contributed by atoms with E-state index in [9.17, 15) is 8.78 Å². The number of halogens is 2. The van der Waals surface area contributed by atoms with Gasteiger partial charge in [-0.15, -0.1) is 0 Å². The fourth-order valence-electron chi connectivity index (χ4n) is 2.28. The van der Waals surface area contributed by atoms with Crippen LogP contribution in [-0.4, -0.2) is 13.2 Å². The third-order valence-corrected chi connectivity index (χ3v) is 3.67. The second-order valence-electron chi connectivity index (χ2n) is 5.32. The van der Waals surface area contributed by atoms with Crippen molar-refractivity contribution < 1.29 is 13.5 Å². The molecule has 1 N–H and O–H groups in total. The first-order chi connectivity index (χ1) is 10.2. The molecule has 0 radical (unpaired) electrons. The largest absolute Gasteiger partial charge is 0.497 e. The van der Waals surface area contributed by atoms with Crippen molar-refractivity contribution in [2.75, 3.05) is 7.11 Å². The Morgan fingerprint density at radius 1 is 1.05 bits per heavy atom. The molecule has 0 bridgehead atoms. The van der Waals surface area contributed by atoms with Crippen molar-refractivity contribution in [2.45, 2.75) is 25.4 Å². The van der Waals surface area contributed by atoms with Gasteiger partial charge in [-0.2, -0.15) is 0 Å². The highest BCUT2D eigenvalue weighted by atomic mass is 19.1. The molecule has 1 saturated carbocycles. The zero-order chi connectivity index (χ0) is 14.8. The maximum absolute atomic E-state index is 14.1. The predicted molar refractivity (Wildman–Crippen MR) is 78.2 cm³/mol. The summed E-state index contributed by atoms with van der Waals surface area (Å²) in [4.78, 5) is 0. The normalized spacial score (nSPS) is 14.2. The van der Waals surface area contributed by atoms with E-state index in [1.165, 1.54) is 32.1 Å². The molecule has 2 aromatic rings. The smallest absolute Gasteiger partial charge is 0.134 e. The van der Waals surface area contributed by atoms with Crippen LogP contribution in [0.3, 0.4) is 0 Å². The average molecular weight is 289 g/mol. The molecule has 0 aromatic heterocycles. The molecule has 1 aliphatic carbocycles. The summed E-state index contributed by atoms with van der Waals surface area (Å²) < 4.78 is 33.1. The van der Waals surface area contributed by atoms with E-state index in [0.717, 1.165) is 5.56 Å². The van der Waals surface area contributed by atoms with Gasteiger partial charge in [0.25, 0.3) is 0 Å². The summed E-state index contributed by atoms with van der Waals surface area (Å²) in [6.07, 6.45) is 2.39. The third kappa shape index (κ3) is 3.22. The molecule has 0 heterocycles. The molecule has 2 aromatic carbocycles. The minimum atomic E-state index is -0.486. The Morgan fingerprint density at radius 3 is 2.52 bits per heavy atom. The molecule has 2 nitrogen and oxygen atoms in total. The van der Waals surface area contributed by atoms with Gasteiger partial charge in [0, 0.05) is 29.8 Å². The van der Waals surface area contributed by atoms with Gasteiger partial charge in [0.05, 0.1) is 7.11 Å². The summed E-state index contributed by atoms with van der Waals surface area (Å²) >= 11 is 0. The van der Waals surface area contributed by atoms with E-state index in [0.29, 0.717) is 18.3 Å². The lowest BCUT2D eigenvalue weighted by molar-refractivity contribution is 0.411. The Balaban J connectivity index is 1.90. The standard InChI is InChI=1S/C17H17F2NO/c1-21-13-5-6-14(17(19)9-13)15-8-11(2-7-16(15)18)10-20-12-3-4-12/h2,5-9,12,20H,3-4,10H2,1H3. The van der Waals surface area contributed by atoms with Crippen LogP contribution in [-0.2, 0) is 6.54 Å². The fraction of sp³-hybridized carbons (Fsp3) is 0.294. The van der Waals surface area contributed by atoms with E-state index < -0.39 is 11.6 Å². The first-order valence-electron chi connectivity index (χ1n) is 7.03. The summed E-state index contributed by atoms with van der Waals surface area (Å²) in [5.41, 5.74) is 1.49. The monoisotopic (exact) mass is 289 g/mol. The number of ether oxygens (including phenoxy) is 1. The minimum Gasteiger partial charge on any atom is -0.497 e. The lowest BCUT2D eigenvalue weighted by Crippen LogP contribution is -2.15. The quantitative estimate of drug-likeness (QED) is 0.901. The van der Waals surface area contributed by atoms with E-state index in [2.05, 4.69) is 5.32 Å². The van der Waals surface area contributed by atoms with E-state index in [1.54, 1.807) is 24.3 Å². The summed E-state index contributed by atoms with van der Waals surface area (Å²) in [6, 6.07) is 9.85. The average Bonchev–Trinajstić information content (AvgIpc) is 3.31. The van der Waals surface area contributed by atoms with E-state index in [-0.39, 0.29) is 11.1 Å². The number of benzene rings is 2. The number of hydrogen-bond acceptors (Lipinski definition) is 2. The Hall–Kier alpha value is -1.94. The van der Waals surface area contributed by atoms with Crippen LogP contribution in [0.15, 0.2) is 36.4 Å². The molecule has 1 fully saturated rings. The summed E-state index contributed by atoms with van der Waals surface area (Å²) in [7, 11) is 1.47. The Kier molecular flexibility index (Phi) is 3.88. The summed E-state index contributed by atoms with van der Waals surface area (Å²) in [5, 5.41) is 3.37. The second-order valence-corrected chi connectivity index (χ2v) is 5.32. The number of nitrogens with one attached hydrogen (secondary N) is 1. The van der Waals surface area contributed by atoms with Gasteiger partial charge in [0.15, 0.2) is 0 Å².